The molecule has 1 saturated heterocycles. The number of rotatable bonds is 7. The highest BCUT2D eigenvalue weighted by Gasteiger charge is 2.44. The third-order valence-electron chi connectivity index (χ3n) is 8.92. The summed E-state index contributed by atoms with van der Waals surface area (Å²) in [6, 6.07) is 0.868. The number of carbonyl (C=O) groups is 1. The minimum atomic E-state index is -5.03. The molecule has 2 aromatic heterocycles. The Hall–Kier alpha value is -3.84. The van der Waals surface area contributed by atoms with Crippen LogP contribution in [0.15, 0.2) is 28.9 Å². The second-order valence-corrected chi connectivity index (χ2v) is 12.2. The van der Waals surface area contributed by atoms with Crippen LogP contribution in [0.4, 0.5) is 37.0 Å². The molecule has 1 aromatic carbocycles. The highest BCUT2D eigenvalue weighted by atomic mass is 19.4. The van der Waals surface area contributed by atoms with E-state index < -0.39 is 47.3 Å². The van der Waals surface area contributed by atoms with Gasteiger partial charge in [0.15, 0.2) is 5.82 Å². The van der Waals surface area contributed by atoms with Crippen molar-refractivity contribution in [1.29, 1.82) is 0 Å². The minimum Gasteiger partial charge on any atom is -0.439 e. The number of benzene rings is 1. The smallest absolute Gasteiger partial charge is 0.416 e. The molecule has 242 valence electrons. The van der Waals surface area contributed by atoms with Gasteiger partial charge in [-0.05, 0) is 70.2 Å². The van der Waals surface area contributed by atoms with Gasteiger partial charge in [0.1, 0.15) is 17.6 Å². The van der Waals surface area contributed by atoms with Crippen molar-refractivity contribution in [3.05, 3.63) is 58.2 Å². The molecule has 14 heteroatoms. The number of alkyl halides is 6. The van der Waals surface area contributed by atoms with Crippen molar-refractivity contribution in [3.8, 4) is 11.3 Å². The molecule has 2 saturated carbocycles. The number of cyclic esters (lactones) is 1. The molecule has 0 radical (unpaired) electrons. The Morgan fingerprint density at radius 3 is 2.11 bits per heavy atom. The van der Waals surface area contributed by atoms with Crippen LogP contribution in [-0.2, 0) is 23.6 Å². The maximum atomic E-state index is 13.6. The number of halogens is 6. The van der Waals surface area contributed by atoms with E-state index in [-0.39, 0.29) is 24.7 Å². The van der Waals surface area contributed by atoms with Gasteiger partial charge < -0.3 is 14.2 Å². The van der Waals surface area contributed by atoms with Gasteiger partial charge in [0.2, 0.25) is 0 Å². The predicted octanol–water partition coefficient (Wildman–Crippen LogP) is 8.17. The van der Waals surface area contributed by atoms with Crippen molar-refractivity contribution >= 4 is 11.9 Å². The average Bonchev–Trinajstić information content (AvgIpc) is 3.71. The van der Waals surface area contributed by atoms with Crippen LogP contribution in [0.3, 0.4) is 0 Å². The molecule has 2 atom stereocenters. The van der Waals surface area contributed by atoms with Crippen LogP contribution >= 0.6 is 0 Å². The van der Waals surface area contributed by atoms with Crippen molar-refractivity contribution < 1.29 is 40.4 Å². The molecule has 1 aliphatic heterocycles. The van der Waals surface area contributed by atoms with E-state index in [1.54, 1.807) is 20.0 Å². The van der Waals surface area contributed by atoms with Crippen molar-refractivity contribution in [3.63, 3.8) is 0 Å². The Balaban J connectivity index is 1.38. The Bertz CT molecular complexity index is 1530. The number of hydrogen-bond acceptors (Lipinski definition) is 7. The number of nitrogens with zero attached hydrogens (tertiary/aromatic N) is 5. The van der Waals surface area contributed by atoms with Crippen LogP contribution in [0, 0.1) is 13.8 Å². The van der Waals surface area contributed by atoms with E-state index in [0.29, 0.717) is 46.4 Å². The van der Waals surface area contributed by atoms with E-state index in [9.17, 15) is 31.1 Å². The molecule has 0 N–H and O–H groups in total. The largest absolute Gasteiger partial charge is 0.439 e. The Labute approximate surface area is 255 Å². The van der Waals surface area contributed by atoms with Gasteiger partial charge >= 0.3 is 18.4 Å². The molecular weight excluding hydrogens is 604 g/mol. The van der Waals surface area contributed by atoms with Crippen molar-refractivity contribution in [2.45, 2.75) is 109 Å². The number of hydrogen-bond donors (Lipinski definition) is 0. The first-order chi connectivity index (χ1) is 21.2. The van der Waals surface area contributed by atoms with Crippen molar-refractivity contribution in [2.24, 2.45) is 0 Å². The lowest BCUT2D eigenvalue weighted by Gasteiger charge is -2.37. The van der Waals surface area contributed by atoms with Crippen molar-refractivity contribution in [2.75, 3.05) is 4.90 Å². The van der Waals surface area contributed by atoms with Gasteiger partial charge in [0, 0.05) is 12.1 Å². The lowest BCUT2D eigenvalue weighted by molar-refractivity contribution is -0.143. The van der Waals surface area contributed by atoms with E-state index in [1.165, 1.54) is 11.8 Å². The second-order valence-electron chi connectivity index (χ2n) is 12.2. The summed E-state index contributed by atoms with van der Waals surface area (Å²) in [5, 5.41) is 4.01. The zero-order chi connectivity index (χ0) is 32.3. The number of aromatic nitrogens is 3. The molecule has 3 fully saturated rings. The third-order valence-corrected chi connectivity index (χ3v) is 8.92. The lowest BCUT2D eigenvalue weighted by atomic mass is 9.94. The highest BCUT2D eigenvalue weighted by molar-refractivity contribution is 5.72. The van der Waals surface area contributed by atoms with Crippen LogP contribution in [-0.4, -0.2) is 44.2 Å². The molecule has 1 amide bonds. The highest BCUT2D eigenvalue weighted by Crippen LogP contribution is 2.43. The summed E-state index contributed by atoms with van der Waals surface area (Å²) in [4.78, 5) is 26.6. The molecule has 3 aromatic rings. The zero-order valence-corrected chi connectivity index (χ0v) is 25.0. The normalized spacial score (nSPS) is 21.4. The van der Waals surface area contributed by atoms with Gasteiger partial charge in [-0.2, -0.15) is 26.3 Å². The van der Waals surface area contributed by atoms with E-state index in [0.717, 1.165) is 44.9 Å². The number of anilines is 1. The first kappa shape index (κ1) is 31.2. The Morgan fingerprint density at radius 2 is 1.56 bits per heavy atom. The number of amides is 1. The van der Waals surface area contributed by atoms with Crippen molar-refractivity contribution in [1.82, 2.24) is 20.0 Å². The lowest BCUT2D eigenvalue weighted by Crippen LogP contribution is -2.41. The van der Waals surface area contributed by atoms with Crippen LogP contribution < -0.4 is 4.90 Å². The fourth-order valence-corrected chi connectivity index (χ4v) is 6.53. The molecule has 0 spiro atoms. The molecule has 3 heterocycles. The summed E-state index contributed by atoms with van der Waals surface area (Å²) in [5.74, 6) is 1.15. The Morgan fingerprint density at radius 1 is 0.933 bits per heavy atom. The van der Waals surface area contributed by atoms with Gasteiger partial charge in [-0.15, -0.1) is 0 Å². The topological polar surface area (TPSA) is 84.6 Å². The summed E-state index contributed by atoms with van der Waals surface area (Å²) < 4.78 is 92.4. The molecule has 6 rings (SSSR count). The van der Waals surface area contributed by atoms with Gasteiger partial charge in [-0.3, -0.25) is 4.90 Å². The summed E-state index contributed by atoms with van der Waals surface area (Å²) in [5.41, 5.74) is -1.14. The van der Waals surface area contributed by atoms with E-state index in [4.69, 9.17) is 19.2 Å². The summed E-state index contributed by atoms with van der Waals surface area (Å²) >= 11 is 0. The van der Waals surface area contributed by atoms with Crippen LogP contribution in [0.5, 0.6) is 0 Å². The van der Waals surface area contributed by atoms with Gasteiger partial charge in [0.25, 0.3) is 0 Å². The Kier molecular flexibility index (Phi) is 7.97. The van der Waals surface area contributed by atoms with Crippen LogP contribution in [0.1, 0.15) is 91.8 Å². The molecule has 45 heavy (non-hydrogen) atoms. The first-order valence-electron chi connectivity index (χ1n) is 15.1. The predicted molar refractivity (Wildman–Crippen MR) is 150 cm³/mol. The maximum absolute atomic E-state index is 13.6. The second kappa shape index (κ2) is 11.5. The van der Waals surface area contributed by atoms with Crippen LogP contribution in [0.25, 0.3) is 11.3 Å². The van der Waals surface area contributed by atoms with Gasteiger partial charge in [-0.25, -0.2) is 14.8 Å². The van der Waals surface area contributed by atoms with Gasteiger partial charge in [0.05, 0.1) is 46.9 Å². The molecule has 0 bridgehead atoms. The molecule has 3 aliphatic rings. The number of ether oxygens (including phenoxy) is 1. The van der Waals surface area contributed by atoms with E-state index in [1.807, 2.05) is 0 Å². The fraction of sp³-hybridized carbons (Fsp3) is 0.548. The quantitative estimate of drug-likeness (QED) is 0.242. The first-order valence-corrected chi connectivity index (χ1v) is 15.1. The molecular formula is C31H33F6N5O3. The van der Waals surface area contributed by atoms with E-state index in [2.05, 4.69) is 10.1 Å². The monoisotopic (exact) mass is 637 g/mol. The van der Waals surface area contributed by atoms with E-state index >= 15 is 0 Å². The number of carbonyl (C=O) groups excluding carboxylic acids is 1. The minimum absolute atomic E-state index is 0.0580. The van der Waals surface area contributed by atoms with Gasteiger partial charge in [-0.1, -0.05) is 24.4 Å². The number of aryl methyl sites for hydroxylation is 2. The van der Waals surface area contributed by atoms with Crippen LogP contribution in [0.2, 0.25) is 0 Å². The summed E-state index contributed by atoms with van der Waals surface area (Å²) in [6.45, 7) is 4.94. The standard InChI is InChI=1S/C31H33F6N5O3/c1-16-26(18(3)45-40-16)24-14-38-28(42(23-9-10-23)22-7-5-4-6-8-22)25(39-24)15-41-17(2)27(44-29(41)43)19-11-20(30(32,33)34)13-21(12-19)31(35,36)37/h11-14,17,22-23,27H,4-10,15H2,1-3H3/t17-,27-/m0/s1. The SMILES string of the molecule is Cc1noc(C)c1-c1cnc(N(C2CCCCC2)C2CC2)c(CN2C(=O)O[C@H](c3cc(C(F)(F)F)cc(C(F)(F)F)c3)[C@@H]2C)n1. The zero-order valence-electron chi connectivity index (χ0n) is 25.0. The summed E-state index contributed by atoms with van der Waals surface area (Å²) in [6.07, 6.45) is -3.37. The summed E-state index contributed by atoms with van der Waals surface area (Å²) in [7, 11) is 0. The third kappa shape index (κ3) is 6.19. The average molecular weight is 638 g/mol. The molecule has 2 aliphatic carbocycles. The molecule has 8 nitrogen and oxygen atoms in total. The maximum Gasteiger partial charge on any atom is 0.416 e. The molecule has 0 unspecified atom stereocenters. The fourth-order valence-electron chi connectivity index (χ4n) is 6.53.